The van der Waals surface area contributed by atoms with Gasteiger partial charge in [-0.3, -0.25) is 29.0 Å². The maximum atomic E-state index is 13.6. The number of hydrogen-bond acceptors (Lipinski definition) is 7. The summed E-state index contributed by atoms with van der Waals surface area (Å²) in [5.74, 6) is -0.148. The van der Waals surface area contributed by atoms with Crippen molar-refractivity contribution in [1.29, 1.82) is 0 Å². The minimum Gasteiger partial charge on any atom is -0.465 e. The van der Waals surface area contributed by atoms with E-state index in [1.807, 2.05) is 78.9 Å². The molecule has 0 spiro atoms. The number of H-pyrrole nitrogens is 2. The van der Waals surface area contributed by atoms with Crippen molar-refractivity contribution in [1.82, 2.24) is 33.8 Å². The third kappa shape index (κ3) is 14.5. The minimum absolute atomic E-state index is 0.148. The van der Waals surface area contributed by atoms with Crippen molar-refractivity contribution < 1.29 is 24.6 Å². The SMILES string of the molecule is O=C(O)Nc1ccc(-n2c(=O)[nH]c3ccccc32)cc1CCCN(Cc1ccccc1)Cc1ccccc1.O=C(c1ccccc1)c1cccc2[nH]c(=O)n(C3CCN(C(=O)O)[C@@H](CCCN(Cc4ccccc4)Cc4ccccc4)C3)c12. The molecule has 0 bridgehead atoms. The van der Waals surface area contributed by atoms with Gasteiger partial charge in [-0.15, -0.1) is 0 Å². The normalized spacial score (nSPS) is 14.2. The van der Waals surface area contributed by atoms with E-state index in [1.165, 1.54) is 27.2 Å². The number of likely N-dealkylation sites (tertiary alicyclic amines) is 1. The fourth-order valence-corrected chi connectivity index (χ4v) is 11.6. The summed E-state index contributed by atoms with van der Waals surface area (Å²) in [5, 5.41) is 22.0. The summed E-state index contributed by atoms with van der Waals surface area (Å²) in [6, 6.07) is 68.4. The van der Waals surface area contributed by atoms with Gasteiger partial charge >= 0.3 is 23.6 Å². The Morgan fingerprint density at radius 3 is 1.65 bits per heavy atom. The van der Waals surface area contributed by atoms with E-state index in [1.54, 1.807) is 45.5 Å². The second-order valence-corrected chi connectivity index (χ2v) is 21.2. The Morgan fingerprint density at radius 2 is 1.08 bits per heavy atom. The van der Waals surface area contributed by atoms with Gasteiger partial charge in [-0.05, 0) is 122 Å². The molecule has 15 heteroatoms. The largest absolute Gasteiger partial charge is 0.465 e. The van der Waals surface area contributed by atoms with Crippen LogP contribution in [0.5, 0.6) is 0 Å². The van der Waals surface area contributed by atoms with Gasteiger partial charge in [0.25, 0.3) is 0 Å². The van der Waals surface area contributed by atoms with Gasteiger partial charge in [-0.2, -0.15) is 0 Å². The molecule has 11 rings (SSSR count). The average molecular weight is 1110 g/mol. The number of aromatic nitrogens is 4. The van der Waals surface area contributed by atoms with Crippen LogP contribution in [0.1, 0.15) is 81.9 Å². The Bertz CT molecular complexity index is 3800. The molecule has 1 aliphatic rings. The Labute approximate surface area is 481 Å². The average Bonchev–Trinajstić information content (AvgIpc) is 3.52. The van der Waals surface area contributed by atoms with E-state index in [0.29, 0.717) is 65.8 Å². The number of aromatic amines is 2. The standard InChI is InChI=1S/C37H38N4O4.C31H30N4O3/c42-35(29-16-8-3-9-17-29)32-19-10-20-33-34(32)41(36(43)38-33)31-21-23-40(37(44)45)30(24-31)18-11-22-39(25-27-12-4-1-5-13-27)26-28-14-6-2-7-15-28;36-30-32-28-15-7-8-16-29(28)35(30)26-17-18-27(33-31(37)38)25(20-26)14-9-19-34(21-23-10-3-1-4-11-23)22-24-12-5-2-6-13-24/h1-10,12-17,19-20,30-31H,11,18,21-26H2,(H,38,43)(H,44,45);1-8,10-13,15-18,20,33H,9,14,19,21-22H2,(H,32,36)(H,37,38)/t30-,31?;/m0./s1. The van der Waals surface area contributed by atoms with Gasteiger partial charge < -0.3 is 25.1 Å². The second-order valence-electron chi connectivity index (χ2n) is 21.2. The Balaban J connectivity index is 0.000000188. The monoisotopic (exact) mass is 1110 g/mol. The molecule has 0 saturated carbocycles. The van der Waals surface area contributed by atoms with Crippen molar-refractivity contribution in [2.24, 2.45) is 0 Å². The summed E-state index contributed by atoms with van der Waals surface area (Å²) in [4.78, 5) is 75.7. The number of carboxylic acid groups (broad SMARTS) is 2. The molecule has 5 N–H and O–H groups in total. The van der Waals surface area contributed by atoms with Gasteiger partial charge in [0.05, 0.1) is 27.8 Å². The van der Waals surface area contributed by atoms with Crippen molar-refractivity contribution in [3.05, 3.63) is 272 Å². The van der Waals surface area contributed by atoms with Crippen LogP contribution >= 0.6 is 0 Å². The highest BCUT2D eigenvalue weighted by atomic mass is 16.4. The molecular weight excluding hydrogens is 1040 g/mol. The molecule has 83 heavy (non-hydrogen) atoms. The number of carbonyl (C=O) groups is 3. The maximum absolute atomic E-state index is 13.6. The molecule has 3 heterocycles. The third-order valence-corrected chi connectivity index (χ3v) is 15.4. The predicted molar refractivity (Wildman–Crippen MR) is 326 cm³/mol. The number of anilines is 1. The maximum Gasteiger partial charge on any atom is 0.409 e. The van der Waals surface area contributed by atoms with Crippen LogP contribution in [0.2, 0.25) is 0 Å². The van der Waals surface area contributed by atoms with E-state index in [-0.39, 0.29) is 29.2 Å². The molecule has 10 aromatic rings. The number of hydrogen-bond donors (Lipinski definition) is 5. The van der Waals surface area contributed by atoms with Crippen LogP contribution in [0, 0.1) is 0 Å². The molecule has 422 valence electrons. The molecule has 8 aromatic carbocycles. The highest BCUT2D eigenvalue weighted by Gasteiger charge is 2.34. The molecule has 0 radical (unpaired) electrons. The third-order valence-electron chi connectivity index (χ3n) is 15.4. The van der Waals surface area contributed by atoms with Crippen LogP contribution in [-0.4, -0.2) is 87.7 Å². The van der Waals surface area contributed by atoms with Gasteiger partial charge in [-0.1, -0.05) is 170 Å². The zero-order chi connectivity index (χ0) is 57.5. The van der Waals surface area contributed by atoms with Gasteiger partial charge in [0.15, 0.2) is 5.78 Å². The molecule has 1 aliphatic heterocycles. The van der Waals surface area contributed by atoms with Crippen LogP contribution < -0.4 is 16.7 Å². The van der Waals surface area contributed by atoms with E-state index in [4.69, 9.17) is 0 Å². The van der Waals surface area contributed by atoms with E-state index >= 15 is 0 Å². The van der Waals surface area contributed by atoms with Crippen molar-refractivity contribution >= 4 is 45.7 Å². The minimum atomic E-state index is -1.11. The molecule has 2 amide bonds. The number of carbonyl (C=O) groups excluding carboxylic acids is 1. The molecule has 1 fully saturated rings. The van der Waals surface area contributed by atoms with Gasteiger partial charge in [0, 0.05) is 61.6 Å². The first kappa shape index (κ1) is 56.7. The van der Waals surface area contributed by atoms with Crippen LogP contribution in [-0.2, 0) is 32.6 Å². The van der Waals surface area contributed by atoms with Gasteiger partial charge in [-0.25, -0.2) is 19.2 Å². The number of nitrogens with zero attached hydrogens (tertiary/aromatic N) is 5. The predicted octanol–water partition coefficient (Wildman–Crippen LogP) is 12.8. The molecule has 0 aliphatic carbocycles. The van der Waals surface area contributed by atoms with E-state index < -0.39 is 12.2 Å². The number of rotatable bonds is 21. The number of ketones is 1. The summed E-state index contributed by atoms with van der Waals surface area (Å²) >= 11 is 0. The molecule has 2 aromatic heterocycles. The van der Waals surface area contributed by atoms with E-state index in [2.05, 4.69) is 122 Å². The summed E-state index contributed by atoms with van der Waals surface area (Å²) in [5.41, 5.74) is 10.3. The Kier molecular flexibility index (Phi) is 18.6. The molecule has 2 atom stereocenters. The lowest BCUT2D eigenvalue weighted by atomic mass is 9.93. The smallest absolute Gasteiger partial charge is 0.409 e. The van der Waals surface area contributed by atoms with E-state index in [9.17, 15) is 34.2 Å². The first-order valence-electron chi connectivity index (χ1n) is 28.3. The van der Waals surface area contributed by atoms with E-state index in [0.717, 1.165) is 68.7 Å². The van der Waals surface area contributed by atoms with Crippen LogP contribution in [0.15, 0.2) is 222 Å². The number of amides is 2. The topological polar surface area (TPSA) is 189 Å². The zero-order valence-corrected chi connectivity index (χ0v) is 46.2. The van der Waals surface area contributed by atoms with Crippen molar-refractivity contribution in [3.63, 3.8) is 0 Å². The number of nitrogens with one attached hydrogen (secondary N) is 3. The molecular formula is C68H68N8O7. The zero-order valence-electron chi connectivity index (χ0n) is 46.2. The van der Waals surface area contributed by atoms with Crippen molar-refractivity contribution in [2.75, 3.05) is 25.0 Å². The lowest BCUT2D eigenvalue weighted by Gasteiger charge is -2.38. The fourth-order valence-electron chi connectivity index (χ4n) is 11.6. The van der Waals surface area contributed by atoms with Gasteiger partial charge in [0.1, 0.15) is 0 Å². The summed E-state index contributed by atoms with van der Waals surface area (Å²) in [6.07, 6.45) is 1.91. The number of imidazole rings is 2. The summed E-state index contributed by atoms with van der Waals surface area (Å²) in [6.45, 7) is 5.20. The highest BCUT2D eigenvalue weighted by molar-refractivity contribution is 6.15. The molecule has 1 saturated heterocycles. The number of benzene rings is 8. The van der Waals surface area contributed by atoms with Crippen molar-refractivity contribution in [3.8, 4) is 5.69 Å². The molecule has 15 nitrogen and oxygen atoms in total. The first-order valence-corrected chi connectivity index (χ1v) is 28.3. The van der Waals surface area contributed by atoms with Crippen LogP contribution in [0.3, 0.4) is 0 Å². The quantitative estimate of drug-likeness (QED) is 0.0436. The van der Waals surface area contributed by atoms with Crippen molar-refractivity contribution in [2.45, 2.75) is 76.8 Å². The fraction of sp³-hybridized carbons (Fsp3) is 0.221. The Hall–Kier alpha value is -9.57. The lowest BCUT2D eigenvalue weighted by molar-refractivity contribution is 0.0853. The summed E-state index contributed by atoms with van der Waals surface area (Å²) in [7, 11) is 0. The number of fused-ring (bicyclic) bond motifs is 2. The number of piperidine rings is 1. The Morgan fingerprint density at radius 1 is 0.566 bits per heavy atom. The van der Waals surface area contributed by atoms with Gasteiger partial charge in [0.2, 0.25) is 0 Å². The second kappa shape index (κ2) is 27.3. The number of para-hydroxylation sites is 3. The lowest BCUT2D eigenvalue weighted by Crippen LogP contribution is -2.47. The molecule has 1 unspecified atom stereocenters. The summed E-state index contributed by atoms with van der Waals surface area (Å²) < 4.78 is 3.33. The number of aryl methyl sites for hydroxylation is 1. The van der Waals surface area contributed by atoms with Crippen LogP contribution in [0.25, 0.3) is 27.8 Å². The highest BCUT2D eigenvalue weighted by Crippen LogP contribution is 2.33. The van der Waals surface area contributed by atoms with Crippen LogP contribution in [0.4, 0.5) is 15.3 Å². The first-order chi connectivity index (χ1) is 40.5.